The van der Waals surface area contributed by atoms with E-state index in [4.69, 9.17) is 17.3 Å². The molecule has 3 heterocycles. The van der Waals surface area contributed by atoms with Gasteiger partial charge in [0, 0.05) is 37.2 Å². The second kappa shape index (κ2) is 6.36. The van der Waals surface area contributed by atoms with Crippen LogP contribution in [0.3, 0.4) is 0 Å². The number of benzene rings is 1. The second-order valence-electron chi connectivity index (χ2n) is 6.23. The van der Waals surface area contributed by atoms with Crippen LogP contribution in [-0.2, 0) is 4.79 Å². The maximum absolute atomic E-state index is 12.0. The van der Waals surface area contributed by atoms with Crippen LogP contribution in [-0.4, -0.2) is 38.9 Å². The number of rotatable bonds is 1. The van der Waals surface area contributed by atoms with Gasteiger partial charge in [0.25, 0.3) is 0 Å². The molecule has 1 fully saturated rings. The van der Waals surface area contributed by atoms with Crippen molar-refractivity contribution < 1.29 is 4.79 Å². The summed E-state index contributed by atoms with van der Waals surface area (Å²) in [5.74, 6) is 6.25. The van der Waals surface area contributed by atoms with E-state index in [1.54, 1.807) is 24.3 Å². The van der Waals surface area contributed by atoms with Crippen LogP contribution in [0.5, 0.6) is 0 Å². The lowest BCUT2D eigenvalue weighted by atomic mass is 10.1. The Hall–Kier alpha value is -3.04. The Morgan fingerprint density at radius 2 is 2.23 bits per heavy atom. The number of fused-ring (bicyclic) bond motifs is 1. The van der Waals surface area contributed by atoms with Crippen molar-refractivity contribution in [1.29, 1.82) is 0 Å². The van der Waals surface area contributed by atoms with Crippen molar-refractivity contribution in [3.8, 4) is 17.5 Å². The van der Waals surface area contributed by atoms with E-state index in [-0.39, 0.29) is 17.8 Å². The number of amides is 1. The lowest BCUT2D eigenvalue weighted by Crippen LogP contribution is -2.21. The van der Waals surface area contributed by atoms with Gasteiger partial charge in [-0.25, -0.2) is 4.98 Å². The number of aromatic nitrogens is 3. The summed E-state index contributed by atoms with van der Waals surface area (Å²) in [6.07, 6.45) is 4.17. The van der Waals surface area contributed by atoms with E-state index in [1.165, 1.54) is 0 Å². The van der Waals surface area contributed by atoms with Crippen molar-refractivity contribution in [3.05, 3.63) is 47.2 Å². The number of anilines is 1. The van der Waals surface area contributed by atoms with Crippen LogP contribution in [0, 0.1) is 17.8 Å². The Morgan fingerprint density at radius 1 is 1.38 bits per heavy atom. The largest absolute Gasteiger partial charge is 0.368 e. The van der Waals surface area contributed by atoms with Gasteiger partial charge in [0.15, 0.2) is 5.65 Å². The predicted molar refractivity (Wildman–Crippen MR) is 101 cm³/mol. The van der Waals surface area contributed by atoms with Crippen molar-refractivity contribution in [2.45, 2.75) is 6.42 Å². The van der Waals surface area contributed by atoms with Crippen molar-refractivity contribution in [2.24, 2.45) is 5.92 Å². The zero-order valence-corrected chi connectivity index (χ0v) is 14.9. The zero-order chi connectivity index (χ0) is 18.3. The van der Waals surface area contributed by atoms with E-state index in [0.717, 1.165) is 29.6 Å². The molecule has 1 amide bonds. The van der Waals surface area contributed by atoms with Gasteiger partial charge in [-0.05, 0) is 24.6 Å². The van der Waals surface area contributed by atoms with E-state index in [1.807, 2.05) is 28.8 Å². The van der Waals surface area contributed by atoms with Crippen LogP contribution in [0.15, 0.2) is 36.7 Å². The highest BCUT2D eigenvalue weighted by atomic mass is 35.5. The number of likely N-dealkylation sites (tertiary alicyclic amines) is 1. The first kappa shape index (κ1) is 16.4. The fourth-order valence-corrected chi connectivity index (χ4v) is 3.27. The highest BCUT2D eigenvalue weighted by Gasteiger charge is 2.27. The molecule has 1 saturated heterocycles. The minimum absolute atomic E-state index is 0.0871. The number of hydrogen-bond donors (Lipinski definition) is 1. The minimum Gasteiger partial charge on any atom is -0.368 e. The average molecular weight is 366 g/mol. The first-order valence-corrected chi connectivity index (χ1v) is 8.57. The normalized spacial score (nSPS) is 16.8. The summed E-state index contributed by atoms with van der Waals surface area (Å²) >= 11 is 6.28. The molecule has 3 aromatic rings. The summed E-state index contributed by atoms with van der Waals surface area (Å²) in [6.45, 7) is 0.757. The molecule has 130 valence electrons. The molecule has 0 bridgehead atoms. The predicted octanol–water partition coefficient (Wildman–Crippen LogP) is 2.49. The number of hydrogen-bond acceptors (Lipinski definition) is 4. The number of halogens is 1. The van der Waals surface area contributed by atoms with E-state index in [9.17, 15) is 4.79 Å². The standard InChI is InChI=1S/C19H16ClN5O/c1-24-8-7-13(18(24)26)6-5-12-3-2-4-14(9-12)25-11-16(20)15-10-22-19(21)23-17(15)25/h2-4,9-11,13H,7-8H2,1H3,(H2,21,22,23). The lowest BCUT2D eigenvalue weighted by Gasteiger charge is -2.06. The summed E-state index contributed by atoms with van der Waals surface area (Å²) in [6, 6.07) is 7.69. The molecule has 1 atom stereocenters. The molecule has 0 saturated carbocycles. The highest BCUT2D eigenvalue weighted by Crippen LogP contribution is 2.27. The number of nitrogen functional groups attached to an aromatic ring is 1. The van der Waals surface area contributed by atoms with Gasteiger partial charge < -0.3 is 10.6 Å². The van der Waals surface area contributed by atoms with Gasteiger partial charge >= 0.3 is 0 Å². The number of nitrogens with zero attached hydrogens (tertiary/aromatic N) is 4. The fraction of sp³-hybridized carbons (Fsp3) is 0.211. The molecule has 2 N–H and O–H groups in total. The quantitative estimate of drug-likeness (QED) is 0.672. The van der Waals surface area contributed by atoms with Crippen LogP contribution in [0.1, 0.15) is 12.0 Å². The number of carbonyl (C=O) groups is 1. The molecule has 1 aromatic carbocycles. The molecule has 0 aliphatic carbocycles. The Kier molecular flexibility index (Phi) is 4.02. The highest BCUT2D eigenvalue weighted by molar-refractivity contribution is 6.35. The number of carbonyl (C=O) groups excluding carboxylic acids is 1. The van der Waals surface area contributed by atoms with Crippen molar-refractivity contribution in [1.82, 2.24) is 19.4 Å². The van der Waals surface area contributed by atoms with E-state index in [0.29, 0.717) is 10.7 Å². The number of nitrogens with two attached hydrogens (primary N) is 1. The van der Waals surface area contributed by atoms with Crippen LogP contribution >= 0.6 is 11.6 Å². The van der Waals surface area contributed by atoms with E-state index < -0.39 is 0 Å². The molecular weight excluding hydrogens is 350 g/mol. The van der Waals surface area contributed by atoms with Gasteiger partial charge in [-0.1, -0.05) is 29.5 Å². The van der Waals surface area contributed by atoms with Crippen LogP contribution < -0.4 is 5.73 Å². The van der Waals surface area contributed by atoms with Crippen molar-refractivity contribution >= 4 is 34.5 Å². The molecule has 6 nitrogen and oxygen atoms in total. The molecule has 1 aliphatic heterocycles. The summed E-state index contributed by atoms with van der Waals surface area (Å²) in [7, 11) is 1.80. The Balaban J connectivity index is 1.71. The molecule has 1 aliphatic rings. The third-order valence-corrected chi connectivity index (χ3v) is 4.76. The molecule has 1 unspecified atom stereocenters. The average Bonchev–Trinajstić information content (AvgIpc) is 3.13. The van der Waals surface area contributed by atoms with Crippen LogP contribution in [0.25, 0.3) is 16.7 Å². The maximum Gasteiger partial charge on any atom is 0.237 e. The Labute approximate surface area is 155 Å². The van der Waals surface area contributed by atoms with Gasteiger partial charge in [-0.2, -0.15) is 4.98 Å². The molecule has 7 heteroatoms. The Morgan fingerprint density at radius 3 is 3.00 bits per heavy atom. The molecule has 2 aromatic heterocycles. The SMILES string of the molecule is CN1CCC(C#Cc2cccc(-n3cc(Cl)c4cnc(N)nc43)c2)C1=O. The molecule has 4 rings (SSSR count). The summed E-state index contributed by atoms with van der Waals surface area (Å²) in [5.41, 5.74) is 8.04. The first-order valence-electron chi connectivity index (χ1n) is 8.19. The summed E-state index contributed by atoms with van der Waals surface area (Å²) in [5, 5.41) is 1.29. The third kappa shape index (κ3) is 2.87. The van der Waals surface area contributed by atoms with Gasteiger partial charge in [0.2, 0.25) is 11.9 Å². The topological polar surface area (TPSA) is 77.0 Å². The van der Waals surface area contributed by atoms with Crippen molar-refractivity contribution in [3.63, 3.8) is 0 Å². The maximum atomic E-state index is 12.0. The van der Waals surface area contributed by atoms with Gasteiger partial charge in [0.1, 0.15) is 5.92 Å². The van der Waals surface area contributed by atoms with Gasteiger partial charge in [-0.3, -0.25) is 9.36 Å². The lowest BCUT2D eigenvalue weighted by molar-refractivity contribution is -0.128. The van der Waals surface area contributed by atoms with Gasteiger partial charge in [0.05, 0.1) is 10.4 Å². The molecule has 0 radical (unpaired) electrons. The third-order valence-electron chi connectivity index (χ3n) is 4.46. The second-order valence-corrected chi connectivity index (χ2v) is 6.64. The smallest absolute Gasteiger partial charge is 0.237 e. The summed E-state index contributed by atoms with van der Waals surface area (Å²) < 4.78 is 1.86. The van der Waals surface area contributed by atoms with E-state index in [2.05, 4.69) is 21.8 Å². The first-order chi connectivity index (χ1) is 12.5. The zero-order valence-electron chi connectivity index (χ0n) is 14.1. The van der Waals surface area contributed by atoms with Crippen LogP contribution in [0.2, 0.25) is 5.02 Å². The summed E-state index contributed by atoms with van der Waals surface area (Å²) in [4.78, 5) is 22.0. The monoisotopic (exact) mass is 365 g/mol. The van der Waals surface area contributed by atoms with Crippen LogP contribution in [0.4, 0.5) is 5.95 Å². The van der Waals surface area contributed by atoms with Gasteiger partial charge in [-0.15, -0.1) is 0 Å². The fourth-order valence-electron chi connectivity index (χ4n) is 3.04. The molecule has 26 heavy (non-hydrogen) atoms. The molecule has 0 spiro atoms. The molecular formula is C19H16ClN5O. The minimum atomic E-state index is -0.224. The van der Waals surface area contributed by atoms with Crippen molar-refractivity contribution in [2.75, 3.05) is 19.3 Å². The van der Waals surface area contributed by atoms with E-state index >= 15 is 0 Å². The Bertz CT molecular complexity index is 1080.